The average Bonchev–Trinajstić information content (AvgIpc) is 2.37. The SMILES string of the molecule is CCNCC(C)C(=O)Nc1ccc(Cl)cc1[N+](=O)[O-]. The molecule has 1 rings (SSSR count). The largest absolute Gasteiger partial charge is 0.320 e. The van der Waals surface area contributed by atoms with Crippen molar-refractivity contribution >= 4 is 28.9 Å². The Morgan fingerprint density at radius 3 is 2.79 bits per heavy atom. The van der Waals surface area contributed by atoms with Crippen LogP contribution in [-0.2, 0) is 4.79 Å². The molecule has 104 valence electrons. The number of nitrogens with zero attached hydrogens (tertiary/aromatic N) is 1. The number of nitrogens with one attached hydrogen (secondary N) is 2. The van der Waals surface area contributed by atoms with Crippen molar-refractivity contribution in [2.75, 3.05) is 18.4 Å². The van der Waals surface area contributed by atoms with Crippen LogP contribution < -0.4 is 10.6 Å². The van der Waals surface area contributed by atoms with Gasteiger partial charge in [-0.15, -0.1) is 0 Å². The van der Waals surface area contributed by atoms with Crippen molar-refractivity contribution in [3.05, 3.63) is 33.3 Å². The molecule has 19 heavy (non-hydrogen) atoms. The fourth-order valence-electron chi connectivity index (χ4n) is 1.47. The lowest BCUT2D eigenvalue weighted by Gasteiger charge is -2.12. The number of benzene rings is 1. The number of carbonyl (C=O) groups excluding carboxylic acids is 1. The fraction of sp³-hybridized carbons (Fsp3) is 0.417. The Labute approximate surface area is 116 Å². The van der Waals surface area contributed by atoms with E-state index in [1.807, 2.05) is 6.92 Å². The molecule has 1 amide bonds. The standard InChI is InChI=1S/C12H16ClN3O3/c1-3-14-7-8(2)12(17)15-10-5-4-9(13)6-11(10)16(18)19/h4-6,8,14H,3,7H2,1-2H3,(H,15,17). The first kappa shape index (κ1) is 15.4. The van der Waals surface area contributed by atoms with Crippen LogP contribution in [0.1, 0.15) is 13.8 Å². The number of halogens is 1. The molecule has 1 atom stereocenters. The highest BCUT2D eigenvalue weighted by Gasteiger charge is 2.19. The van der Waals surface area contributed by atoms with Crippen LogP contribution in [0.5, 0.6) is 0 Å². The molecular weight excluding hydrogens is 270 g/mol. The maximum absolute atomic E-state index is 11.9. The summed E-state index contributed by atoms with van der Waals surface area (Å²) in [5.41, 5.74) is -0.0563. The van der Waals surface area contributed by atoms with Gasteiger partial charge in [0.2, 0.25) is 5.91 Å². The second-order valence-electron chi connectivity index (χ2n) is 4.12. The number of hydrogen-bond donors (Lipinski definition) is 2. The number of nitro benzene ring substituents is 1. The molecule has 0 spiro atoms. The van der Waals surface area contributed by atoms with Crippen LogP contribution in [0.25, 0.3) is 0 Å². The number of carbonyl (C=O) groups is 1. The fourth-order valence-corrected chi connectivity index (χ4v) is 1.64. The van der Waals surface area contributed by atoms with Crippen LogP contribution in [0.15, 0.2) is 18.2 Å². The Morgan fingerprint density at radius 1 is 1.53 bits per heavy atom. The topological polar surface area (TPSA) is 84.3 Å². The van der Waals surface area contributed by atoms with Crippen molar-refractivity contribution in [1.29, 1.82) is 0 Å². The van der Waals surface area contributed by atoms with E-state index < -0.39 is 4.92 Å². The van der Waals surface area contributed by atoms with Crippen molar-refractivity contribution in [2.45, 2.75) is 13.8 Å². The first-order valence-electron chi connectivity index (χ1n) is 5.91. The molecule has 0 radical (unpaired) electrons. The molecule has 0 heterocycles. The maximum Gasteiger partial charge on any atom is 0.294 e. The Bertz CT molecular complexity index is 479. The third-order valence-electron chi connectivity index (χ3n) is 2.56. The predicted molar refractivity (Wildman–Crippen MR) is 74.4 cm³/mol. The molecule has 1 aromatic carbocycles. The summed E-state index contributed by atoms with van der Waals surface area (Å²) in [6.07, 6.45) is 0. The summed E-state index contributed by atoms with van der Waals surface area (Å²) >= 11 is 5.70. The highest BCUT2D eigenvalue weighted by Crippen LogP contribution is 2.27. The normalized spacial score (nSPS) is 11.9. The lowest BCUT2D eigenvalue weighted by atomic mass is 10.1. The smallest absolute Gasteiger partial charge is 0.294 e. The molecule has 0 saturated heterocycles. The lowest BCUT2D eigenvalue weighted by Crippen LogP contribution is -2.30. The van der Waals surface area contributed by atoms with E-state index in [0.29, 0.717) is 6.54 Å². The number of hydrogen-bond acceptors (Lipinski definition) is 4. The molecule has 0 aromatic heterocycles. The second-order valence-corrected chi connectivity index (χ2v) is 4.55. The molecule has 0 fully saturated rings. The zero-order chi connectivity index (χ0) is 14.4. The molecule has 1 aromatic rings. The van der Waals surface area contributed by atoms with Crippen LogP contribution in [0.3, 0.4) is 0 Å². The van der Waals surface area contributed by atoms with E-state index >= 15 is 0 Å². The van der Waals surface area contributed by atoms with E-state index in [2.05, 4.69) is 10.6 Å². The molecular formula is C12H16ClN3O3. The summed E-state index contributed by atoms with van der Waals surface area (Å²) in [6.45, 7) is 4.97. The molecule has 6 nitrogen and oxygen atoms in total. The van der Waals surface area contributed by atoms with E-state index in [-0.39, 0.29) is 28.2 Å². The van der Waals surface area contributed by atoms with Crippen molar-refractivity contribution in [3.63, 3.8) is 0 Å². The summed E-state index contributed by atoms with van der Waals surface area (Å²) in [7, 11) is 0. The van der Waals surface area contributed by atoms with Gasteiger partial charge in [-0.05, 0) is 18.7 Å². The second kappa shape index (κ2) is 7.06. The van der Waals surface area contributed by atoms with Crippen LogP contribution in [-0.4, -0.2) is 23.9 Å². The Kier molecular flexibility index (Phi) is 5.72. The minimum absolute atomic E-state index is 0.155. The van der Waals surface area contributed by atoms with Gasteiger partial charge in [0.05, 0.1) is 4.92 Å². The van der Waals surface area contributed by atoms with Crippen molar-refractivity contribution in [3.8, 4) is 0 Å². The van der Waals surface area contributed by atoms with Gasteiger partial charge in [0.25, 0.3) is 5.69 Å². The van der Waals surface area contributed by atoms with E-state index in [9.17, 15) is 14.9 Å². The highest BCUT2D eigenvalue weighted by atomic mass is 35.5. The third kappa shape index (κ3) is 4.50. The molecule has 0 bridgehead atoms. The van der Waals surface area contributed by atoms with Crippen LogP contribution in [0.4, 0.5) is 11.4 Å². The number of rotatable bonds is 6. The number of nitro groups is 1. The first-order valence-corrected chi connectivity index (χ1v) is 6.29. The van der Waals surface area contributed by atoms with Crippen molar-refractivity contribution in [2.24, 2.45) is 5.92 Å². The van der Waals surface area contributed by atoms with E-state index in [1.165, 1.54) is 18.2 Å². The minimum Gasteiger partial charge on any atom is -0.320 e. The molecule has 0 aliphatic rings. The van der Waals surface area contributed by atoms with Gasteiger partial charge in [-0.3, -0.25) is 14.9 Å². The average molecular weight is 286 g/mol. The molecule has 0 saturated carbocycles. The first-order chi connectivity index (χ1) is 8.95. The van der Waals surface area contributed by atoms with Crippen molar-refractivity contribution < 1.29 is 9.72 Å². The predicted octanol–water partition coefficient (Wildman–Crippen LogP) is 2.43. The highest BCUT2D eigenvalue weighted by molar-refractivity contribution is 6.31. The zero-order valence-electron chi connectivity index (χ0n) is 10.8. The quantitative estimate of drug-likeness (QED) is 0.621. The lowest BCUT2D eigenvalue weighted by molar-refractivity contribution is -0.383. The maximum atomic E-state index is 11.9. The zero-order valence-corrected chi connectivity index (χ0v) is 11.5. The Hall–Kier alpha value is -1.66. The van der Waals surface area contributed by atoms with Gasteiger partial charge in [-0.25, -0.2) is 0 Å². The minimum atomic E-state index is -0.573. The summed E-state index contributed by atoms with van der Waals surface area (Å²) in [5, 5.41) is 16.7. The molecule has 1 unspecified atom stereocenters. The van der Waals surface area contributed by atoms with Gasteiger partial charge >= 0.3 is 0 Å². The van der Waals surface area contributed by atoms with E-state index in [4.69, 9.17) is 11.6 Å². The molecule has 0 aliphatic heterocycles. The van der Waals surface area contributed by atoms with E-state index in [1.54, 1.807) is 6.92 Å². The van der Waals surface area contributed by atoms with Crippen LogP contribution >= 0.6 is 11.6 Å². The number of amides is 1. The van der Waals surface area contributed by atoms with Gasteiger partial charge in [-0.2, -0.15) is 0 Å². The Morgan fingerprint density at radius 2 is 2.21 bits per heavy atom. The Balaban J connectivity index is 2.81. The van der Waals surface area contributed by atoms with Gasteiger partial charge in [0.1, 0.15) is 5.69 Å². The van der Waals surface area contributed by atoms with Gasteiger partial charge in [0, 0.05) is 23.6 Å². The molecule has 7 heteroatoms. The number of anilines is 1. The van der Waals surface area contributed by atoms with Gasteiger partial charge in [0.15, 0.2) is 0 Å². The summed E-state index contributed by atoms with van der Waals surface area (Å²) in [5.74, 6) is -0.554. The van der Waals surface area contributed by atoms with Crippen LogP contribution in [0, 0.1) is 16.0 Å². The van der Waals surface area contributed by atoms with Gasteiger partial charge in [-0.1, -0.05) is 25.4 Å². The summed E-state index contributed by atoms with van der Waals surface area (Å²) < 4.78 is 0. The van der Waals surface area contributed by atoms with Crippen molar-refractivity contribution in [1.82, 2.24) is 5.32 Å². The van der Waals surface area contributed by atoms with E-state index in [0.717, 1.165) is 6.54 Å². The summed E-state index contributed by atoms with van der Waals surface area (Å²) in [4.78, 5) is 22.2. The summed E-state index contributed by atoms with van der Waals surface area (Å²) in [6, 6.07) is 4.14. The molecule has 0 aliphatic carbocycles. The molecule has 2 N–H and O–H groups in total. The van der Waals surface area contributed by atoms with Crippen LogP contribution in [0.2, 0.25) is 5.02 Å². The third-order valence-corrected chi connectivity index (χ3v) is 2.80. The van der Waals surface area contributed by atoms with Gasteiger partial charge < -0.3 is 10.6 Å². The monoisotopic (exact) mass is 285 g/mol.